The molecule has 0 saturated heterocycles. The molecule has 24 heavy (non-hydrogen) atoms. The average molecular weight is 331 g/mol. The molecular formula is C20H29NO3. The lowest BCUT2D eigenvalue weighted by Gasteiger charge is -2.58. The molecule has 4 nitrogen and oxygen atoms in total. The first-order chi connectivity index (χ1) is 11.4. The van der Waals surface area contributed by atoms with Crippen molar-refractivity contribution in [3.8, 4) is 0 Å². The first-order valence-corrected chi connectivity index (χ1v) is 9.55. The van der Waals surface area contributed by atoms with Crippen molar-refractivity contribution in [2.24, 2.45) is 39.7 Å². The molecule has 0 amide bonds. The van der Waals surface area contributed by atoms with Crippen LogP contribution in [0.25, 0.3) is 0 Å². The van der Waals surface area contributed by atoms with Gasteiger partial charge in [-0.15, -0.1) is 0 Å². The maximum atomic E-state index is 13.0. The van der Waals surface area contributed by atoms with E-state index in [9.17, 15) is 9.59 Å². The Labute approximate surface area is 144 Å². The Bertz CT molecular complexity index is 612. The highest BCUT2D eigenvalue weighted by molar-refractivity contribution is 5.93. The van der Waals surface area contributed by atoms with E-state index in [0.717, 1.165) is 50.7 Å². The van der Waals surface area contributed by atoms with Gasteiger partial charge in [0.1, 0.15) is 18.7 Å². The number of oxime groups is 1. The maximum absolute atomic E-state index is 13.0. The standard InChI is InChI=1S/C20H29NO3/c1-19-8-6-12(21-24-3)10-16(19)17(22)11-13-14-4-5-18(23)20(14,2)9-7-15(13)19/h13-16H,4-11H2,1-3H3/b21-12-/t13?,14?,15?,16?,19-,20+/m1/s1. The van der Waals surface area contributed by atoms with Crippen LogP contribution in [0.3, 0.4) is 0 Å². The first kappa shape index (κ1) is 16.3. The van der Waals surface area contributed by atoms with Gasteiger partial charge in [-0.05, 0) is 61.7 Å². The zero-order valence-corrected chi connectivity index (χ0v) is 15.1. The van der Waals surface area contributed by atoms with Crippen molar-refractivity contribution in [2.45, 2.75) is 65.2 Å². The number of hydrogen-bond donors (Lipinski definition) is 0. The normalized spacial score (nSPS) is 49.5. The molecule has 4 unspecified atom stereocenters. The van der Waals surface area contributed by atoms with E-state index < -0.39 is 0 Å². The lowest BCUT2D eigenvalue weighted by molar-refractivity contribution is -0.152. The van der Waals surface area contributed by atoms with Gasteiger partial charge in [-0.2, -0.15) is 0 Å². The molecule has 0 bridgehead atoms. The van der Waals surface area contributed by atoms with Gasteiger partial charge in [0.2, 0.25) is 0 Å². The Morgan fingerprint density at radius 1 is 1.04 bits per heavy atom. The molecule has 0 radical (unpaired) electrons. The van der Waals surface area contributed by atoms with Crippen LogP contribution in [0, 0.1) is 34.5 Å². The number of nitrogens with zero attached hydrogens (tertiary/aromatic N) is 1. The second-order valence-corrected chi connectivity index (χ2v) is 9.07. The van der Waals surface area contributed by atoms with Crippen molar-refractivity contribution in [1.82, 2.24) is 0 Å². The van der Waals surface area contributed by atoms with E-state index in [2.05, 4.69) is 19.0 Å². The molecule has 4 aliphatic rings. The lowest BCUT2D eigenvalue weighted by atomic mass is 9.45. The number of fused-ring (bicyclic) bond motifs is 5. The van der Waals surface area contributed by atoms with Gasteiger partial charge >= 0.3 is 0 Å². The third-order valence-electron chi connectivity index (χ3n) is 8.23. The molecule has 4 saturated carbocycles. The van der Waals surface area contributed by atoms with Crippen molar-refractivity contribution >= 4 is 17.3 Å². The fourth-order valence-corrected chi connectivity index (χ4v) is 6.83. The van der Waals surface area contributed by atoms with Crippen LogP contribution in [0.15, 0.2) is 5.16 Å². The minimum atomic E-state index is -0.151. The van der Waals surface area contributed by atoms with Crippen LogP contribution in [0.2, 0.25) is 0 Å². The second-order valence-electron chi connectivity index (χ2n) is 9.07. The molecule has 0 spiro atoms. The zero-order valence-electron chi connectivity index (χ0n) is 15.1. The summed E-state index contributed by atoms with van der Waals surface area (Å²) in [4.78, 5) is 30.4. The molecule has 0 aromatic carbocycles. The van der Waals surface area contributed by atoms with Crippen LogP contribution in [-0.2, 0) is 14.4 Å². The Morgan fingerprint density at radius 2 is 1.83 bits per heavy atom. The van der Waals surface area contributed by atoms with Crippen molar-refractivity contribution in [3.63, 3.8) is 0 Å². The summed E-state index contributed by atoms with van der Waals surface area (Å²) < 4.78 is 0. The third kappa shape index (κ3) is 2.07. The number of carbonyl (C=O) groups is 2. The van der Waals surface area contributed by atoms with E-state index in [1.54, 1.807) is 7.11 Å². The quantitative estimate of drug-likeness (QED) is 0.687. The van der Waals surface area contributed by atoms with Crippen molar-refractivity contribution in [3.05, 3.63) is 0 Å². The Morgan fingerprint density at radius 3 is 2.58 bits per heavy atom. The third-order valence-corrected chi connectivity index (χ3v) is 8.23. The topological polar surface area (TPSA) is 55.7 Å². The number of hydrogen-bond acceptors (Lipinski definition) is 4. The lowest BCUT2D eigenvalue weighted by Crippen LogP contribution is -2.56. The van der Waals surface area contributed by atoms with Crippen LogP contribution < -0.4 is 0 Å². The number of Topliss-reactive ketones (excluding diaryl/α,β-unsaturated/α-hetero) is 2. The van der Waals surface area contributed by atoms with Crippen LogP contribution in [-0.4, -0.2) is 24.4 Å². The summed E-state index contributed by atoms with van der Waals surface area (Å²) in [6, 6.07) is 0. The van der Waals surface area contributed by atoms with Gasteiger partial charge in [-0.1, -0.05) is 19.0 Å². The first-order valence-electron chi connectivity index (χ1n) is 9.55. The Balaban J connectivity index is 1.66. The SMILES string of the molecule is CO/N=C1/CC[C@@]2(C)C(C1)C(=O)CC1C2CC[C@]2(C)C(=O)CCC12. The fourth-order valence-electron chi connectivity index (χ4n) is 6.83. The molecule has 0 aromatic heterocycles. The van der Waals surface area contributed by atoms with Crippen LogP contribution in [0.5, 0.6) is 0 Å². The number of carbonyl (C=O) groups excluding carboxylic acids is 2. The van der Waals surface area contributed by atoms with Crippen molar-refractivity contribution < 1.29 is 14.4 Å². The van der Waals surface area contributed by atoms with Crippen LogP contribution in [0.1, 0.15) is 65.2 Å². The summed E-state index contributed by atoms with van der Waals surface area (Å²) in [5.74, 6) is 2.40. The molecule has 6 atom stereocenters. The predicted octanol–water partition coefficient (Wildman–Crippen LogP) is 3.78. The zero-order chi connectivity index (χ0) is 17.1. The molecule has 0 aromatic rings. The van der Waals surface area contributed by atoms with Gasteiger partial charge in [0, 0.05) is 24.2 Å². The minimum Gasteiger partial charge on any atom is -0.399 e. The molecule has 4 aliphatic carbocycles. The van der Waals surface area contributed by atoms with Crippen molar-refractivity contribution in [2.75, 3.05) is 7.11 Å². The predicted molar refractivity (Wildman–Crippen MR) is 91.6 cm³/mol. The van der Waals surface area contributed by atoms with E-state index in [1.165, 1.54) is 0 Å². The van der Waals surface area contributed by atoms with E-state index in [-0.39, 0.29) is 16.7 Å². The highest BCUT2D eigenvalue weighted by Gasteiger charge is 2.62. The summed E-state index contributed by atoms with van der Waals surface area (Å²) in [7, 11) is 1.58. The molecule has 132 valence electrons. The van der Waals surface area contributed by atoms with Gasteiger partial charge in [0.05, 0.1) is 5.71 Å². The van der Waals surface area contributed by atoms with Crippen LogP contribution in [0.4, 0.5) is 0 Å². The van der Waals surface area contributed by atoms with E-state index in [1.807, 2.05) is 0 Å². The van der Waals surface area contributed by atoms with Gasteiger partial charge in [0.25, 0.3) is 0 Å². The molecule has 0 aliphatic heterocycles. The monoisotopic (exact) mass is 331 g/mol. The summed E-state index contributed by atoms with van der Waals surface area (Å²) >= 11 is 0. The molecule has 4 rings (SSSR count). The summed E-state index contributed by atoms with van der Waals surface area (Å²) in [6.45, 7) is 4.52. The maximum Gasteiger partial charge on any atom is 0.139 e. The second kappa shape index (κ2) is 5.40. The van der Waals surface area contributed by atoms with E-state index in [0.29, 0.717) is 35.7 Å². The number of ketones is 2. The summed E-state index contributed by atoms with van der Waals surface area (Å²) in [5.41, 5.74) is 0.977. The minimum absolute atomic E-state index is 0.0831. The molecular weight excluding hydrogens is 302 g/mol. The van der Waals surface area contributed by atoms with Gasteiger partial charge < -0.3 is 4.84 Å². The summed E-state index contributed by atoms with van der Waals surface area (Å²) in [6.07, 6.45) is 7.28. The van der Waals surface area contributed by atoms with Gasteiger partial charge in [0.15, 0.2) is 0 Å². The fraction of sp³-hybridized carbons (Fsp3) is 0.850. The largest absolute Gasteiger partial charge is 0.399 e. The van der Waals surface area contributed by atoms with E-state index >= 15 is 0 Å². The van der Waals surface area contributed by atoms with Crippen molar-refractivity contribution in [1.29, 1.82) is 0 Å². The Hall–Kier alpha value is -1.19. The van der Waals surface area contributed by atoms with Gasteiger partial charge in [-0.3, -0.25) is 9.59 Å². The van der Waals surface area contributed by atoms with Crippen LogP contribution >= 0.6 is 0 Å². The molecule has 0 N–H and O–H groups in total. The summed E-state index contributed by atoms with van der Waals surface area (Å²) in [5, 5.41) is 4.14. The number of rotatable bonds is 1. The highest BCUT2D eigenvalue weighted by atomic mass is 16.6. The van der Waals surface area contributed by atoms with Gasteiger partial charge in [-0.25, -0.2) is 0 Å². The molecule has 4 heteroatoms. The highest BCUT2D eigenvalue weighted by Crippen LogP contribution is 2.64. The molecule has 4 fully saturated rings. The van der Waals surface area contributed by atoms with E-state index in [4.69, 9.17) is 4.84 Å². The molecule has 0 heterocycles. The smallest absolute Gasteiger partial charge is 0.139 e. The average Bonchev–Trinajstić information content (AvgIpc) is 2.85. The Kier molecular flexibility index (Phi) is 3.67.